The third-order valence-electron chi connectivity index (χ3n) is 3.47. The number of nitrogens with two attached hydrogens (primary N) is 1. The molecular formula is C18H17Cl2N3O3. The molecule has 0 unspecified atom stereocenters. The molecule has 2 aromatic carbocycles. The molecule has 26 heavy (non-hydrogen) atoms. The van der Waals surface area contributed by atoms with Gasteiger partial charge in [0.05, 0.1) is 6.54 Å². The molecule has 0 spiro atoms. The summed E-state index contributed by atoms with van der Waals surface area (Å²) in [4.78, 5) is 34.7. The average Bonchev–Trinajstić information content (AvgIpc) is 2.59. The number of hydrogen-bond acceptors (Lipinski definition) is 3. The number of amides is 3. The van der Waals surface area contributed by atoms with Gasteiger partial charge in [-0.3, -0.25) is 14.4 Å². The first kappa shape index (κ1) is 19.8. The van der Waals surface area contributed by atoms with Crippen molar-refractivity contribution < 1.29 is 14.4 Å². The van der Waals surface area contributed by atoms with E-state index < -0.39 is 11.8 Å². The van der Waals surface area contributed by atoms with E-state index in [2.05, 4.69) is 10.6 Å². The summed E-state index contributed by atoms with van der Waals surface area (Å²) in [7, 11) is 0. The minimum Gasteiger partial charge on any atom is -0.368 e. The Balaban J connectivity index is 1.93. The predicted octanol–water partition coefficient (Wildman–Crippen LogP) is 2.78. The Morgan fingerprint density at radius 3 is 2.50 bits per heavy atom. The molecule has 0 atom stereocenters. The van der Waals surface area contributed by atoms with Gasteiger partial charge in [0.15, 0.2) is 0 Å². The van der Waals surface area contributed by atoms with Crippen molar-refractivity contribution in [2.75, 3.05) is 11.9 Å². The van der Waals surface area contributed by atoms with Crippen LogP contribution in [-0.4, -0.2) is 24.3 Å². The molecule has 0 radical (unpaired) electrons. The summed E-state index contributed by atoms with van der Waals surface area (Å²) in [5.41, 5.74) is 6.60. The van der Waals surface area contributed by atoms with Gasteiger partial charge >= 0.3 is 0 Å². The SMILES string of the molecule is NC(=O)CNC(=O)c1cccc(NC(=O)CCc2ccc(Cl)cc2Cl)c1. The Hall–Kier alpha value is -2.57. The second kappa shape index (κ2) is 9.22. The lowest BCUT2D eigenvalue weighted by Crippen LogP contribution is -2.33. The molecule has 0 aliphatic carbocycles. The Bertz CT molecular complexity index is 840. The molecule has 0 aliphatic heterocycles. The highest BCUT2D eigenvalue weighted by molar-refractivity contribution is 6.35. The van der Waals surface area contributed by atoms with Crippen LogP contribution in [0.3, 0.4) is 0 Å². The largest absolute Gasteiger partial charge is 0.368 e. The highest BCUT2D eigenvalue weighted by Crippen LogP contribution is 2.22. The second-order valence-electron chi connectivity index (χ2n) is 5.51. The number of benzene rings is 2. The Morgan fingerprint density at radius 2 is 1.81 bits per heavy atom. The van der Waals surface area contributed by atoms with Gasteiger partial charge in [0.2, 0.25) is 11.8 Å². The van der Waals surface area contributed by atoms with Gasteiger partial charge in [-0.1, -0.05) is 35.3 Å². The Kier molecular flexibility index (Phi) is 7.00. The number of anilines is 1. The van der Waals surface area contributed by atoms with Crippen molar-refractivity contribution in [3.05, 3.63) is 63.6 Å². The van der Waals surface area contributed by atoms with Crippen LogP contribution in [0.25, 0.3) is 0 Å². The van der Waals surface area contributed by atoms with Crippen LogP contribution in [0, 0.1) is 0 Å². The fourth-order valence-corrected chi connectivity index (χ4v) is 2.71. The van der Waals surface area contributed by atoms with Gasteiger partial charge in [0.1, 0.15) is 0 Å². The topological polar surface area (TPSA) is 101 Å². The number of carbonyl (C=O) groups excluding carboxylic acids is 3. The Labute approximate surface area is 160 Å². The first-order valence-corrected chi connectivity index (χ1v) is 8.51. The molecule has 4 N–H and O–H groups in total. The van der Waals surface area contributed by atoms with E-state index in [9.17, 15) is 14.4 Å². The number of aryl methyl sites for hydroxylation is 1. The third kappa shape index (κ3) is 6.06. The monoisotopic (exact) mass is 393 g/mol. The summed E-state index contributed by atoms with van der Waals surface area (Å²) < 4.78 is 0. The summed E-state index contributed by atoms with van der Waals surface area (Å²) in [5.74, 6) is -1.30. The maximum absolute atomic E-state index is 12.1. The molecular weight excluding hydrogens is 377 g/mol. The molecule has 0 heterocycles. The molecule has 0 fully saturated rings. The van der Waals surface area contributed by atoms with Gasteiger partial charge in [0.25, 0.3) is 5.91 Å². The van der Waals surface area contributed by atoms with E-state index in [0.717, 1.165) is 5.56 Å². The first-order valence-electron chi connectivity index (χ1n) is 7.75. The maximum Gasteiger partial charge on any atom is 0.251 e. The third-order valence-corrected chi connectivity index (χ3v) is 4.06. The van der Waals surface area contributed by atoms with Crippen molar-refractivity contribution in [2.45, 2.75) is 12.8 Å². The van der Waals surface area contributed by atoms with Gasteiger partial charge in [0, 0.05) is 27.7 Å². The van der Waals surface area contributed by atoms with E-state index in [0.29, 0.717) is 27.7 Å². The molecule has 136 valence electrons. The molecule has 2 aromatic rings. The molecule has 0 saturated carbocycles. The van der Waals surface area contributed by atoms with Crippen molar-refractivity contribution >= 4 is 46.6 Å². The van der Waals surface area contributed by atoms with Crippen molar-refractivity contribution in [1.29, 1.82) is 0 Å². The number of rotatable bonds is 7. The molecule has 3 amide bonds. The van der Waals surface area contributed by atoms with Crippen LogP contribution in [0.2, 0.25) is 10.0 Å². The molecule has 0 aromatic heterocycles. The van der Waals surface area contributed by atoms with Crippen LogP contribution in [-0.2, 0) is 16.0 Å². The van der Waals surface area contributed by atoms with E-state index in [-0.39, 0.29) is 18.9 Å². The number of hydrogen-bond donors (Lipinski definition) is 3. The fourth-order valence-electron chi connectivity index (χ4n) is 2.20. The van der Waals surface area contributed by atoms with Gasteiger partial charge in [-0.2, -0.15) is 0 Å². The highest BCUT2D eigenvalue weighted by Gasteiger charge is 2.10. The lowest BCUT2D eigenvalue weighted by Gasteiger charge is -2.08. The van der Waals surface area contributed by atoms with E-state index in [1.807, 2.05) is 0 Å². The minimum atomic E-state index is -0.635. The molecule has 8 heteroatoms. The van der Waals surface area contributed by atoms with Crippen LogP contribution >= 0.6 is 23.2 Å². The summed E-state index contributed by atoms with van der Waals surface area (Å²) in [6, 6.07) is 11.5. The summed E-state index contributed by atoms with van der Waals surface area (Å²) in [5, 5.41) is 6.16. The number of nitrogens with one attached hydrogen (secondary N) is 2. The average molecular weight is 394 g/mol. The Morgan fingerprint density at radius 1 is 1.04 bits per heavy atom. The van der Waals surface area contributed by atoms with Crippen LogP contribution in [0.15, 0.2) is 42.5 Å². The summed E-state index contributed by atoms with van der Waals surface area (Å²) in [6.07, 6.45) is 0.681. The smallest absolute Gasteiger partial charge is 0.251 e. The van der Waals surface area contributed by atoms with E-state index in [1.165, 1.54) is 6.07 Å². The lowest BCUT2D eigenvalue weighted by atomic mass is 10.1. The number of primary amides is 1. The molecule has 2 rings (SSSR count). The number of carbonyl (C=O) groups is 3. The quantitative estimate of drug-likeness (QED) is 0.673. The number of halogens is 2. The standard InChI is InChI=1S/C18H17Cl2N3O3/c19-13-6-4-11(15(20)9-13)5-7-17(25)23-14-3-1-2-12(8-14)18(26)22-10-16(21)24/h1-4,6,8-9H,5,7,10H2,(H2,21,24)(H,22,26)(H,23,25). The first-order chi connectivity index (χ1) is 12.3. The van der Waals surface area contributed by atoms with Crippen LogP contribution in [0.5, 0.6) is 0 Å². The van der Waals surface area contributed by atoms with Crippen molar-refractivity contribution in [2.24, 2.45) is 5.73 Å². The zero-order valence-corrected chi connectivity index (χ0v) is 15.2. The molecule has 0 aliphatic rings. The highest BCUT2D eigenvalue weighted by atomic mass is 35.5. The van der Waals surface area contributed by atoms with Crippen LogP contribution in [0.1, 0.15) is 22.3 Å². The van der Waals surface area contributed by atoms with Gasteiger partial charge in [-0.05, 0) is 42.3 Å². The maximum atomic E-state index is 12.1. The molecule has 6 nitrogen and oxygen atoms in total. The predicted molar refractivity (Wildman–Crippen MR) is 101 cm³/mol. The van der Waals surface area contributed by atoms with Gasteiger partial charge < -0.3 is 16.4 Å². The van der Waals surface area contributed by atoms with E-state index in [4.69, 9.17) is 28.9 Å². The normalized spacial score (nSPS) is 10.2. The van der Waals surface area contributed by atoms with Gasteiger partial charge in [-0.15, -0.1) is 0 Å². The zero-order valence-electron chi connectivity index (χ0n) is 13.7. The van der Waals surface area contributed by atoms with Crippen molar-refractivity contribution in [3.8, 4) is 0 Å². The second-order valence-corrected chi connectivity index (χ2v) is 6.36. The summed E-state index contributed by atoms with van der Waals surface area (Å²) >= 11 is 11.9. The minimum absolute atomic E-state index is 0.217. The molecule has 0 saturated heterocycles. The van der Waals surface area contributed by atoms with Gasteiger partial charge in [-0.25, -0.2) is 0 Å². The van der Waals surface area contributed by atoms with Crippen molar-refractivity contribution in [3.63, 3.8) is 0 Å². The van der Waals surface area contributed by atoms with Crippen LogP contribution < -0.4 is 16.4 Å². The lowest BCUT2D eigenvalue weighted by molar-refractivity contribution is -0.117. The van der Waals surface area contributed by atoms with E-state index >= 15 is 0 Å². The molecule has 0 bridgehead atoms. The fraction of sp³-hybridized carbons (Fsp3) is 0.167. The van der Waals surface area contributed by atoms with Crippen molar-refractivity contribution in [1.82, 2.24) is 5.32 Å². The summed E-state index contributed by atoms with van der Waals surface area (Å²) in [6.45, 7) is -0.253. The zero-order chi connectivity index (χ0) is 19.1. The van der Waals surface area contributed by atoms with Crippen LogP contribution in [0.4, 0.5) is 5.69 Å². The van der Waals surface area contributed by atoms with E-state index in [1.54, 1.807) is 36.4 Å².